The lowest BCUT2D eigenvalue weighted by atomic mass is 10.1. The lowest BCUT2D eigenvalue weighted by molar-refractivity contribution is -0.127. The Morgan fingerprint density at radius 3 is 2.22 bits per heavy atom. The van der Waals surface area contributed by atoms with E-state index in [1.165, 1.54) is 27.4 Å². The van der Waals surface area contributed by atoms with Gasteiger partial charge in [-0.3, -0.25) is 19.3 Å². The first-order valence-corrected chi connectivity index (χ1v) is 10.7. The number of imide groups is 1. The molecular weight excluding hydrogens is 432 g/mol. The van der Waals surface area contributed by atoms with Gasteiger partial charge in [0.15, 0.2) is 11.5 Å². The van der Waals surface area contributed by atoms with Gasteiger partial charge in [0.05, 0.1) is 26.2 Å². The molecule has 0 spiro atoms. The largest absolute Gasteiger partial charge is 0.496 e. The number of rotatable bonds is 8. The molecule has 1 fully saturated rings. The molecule has 0 aromatic heterocycles. The molecule has 0 aliphatic carbocycles. The number of thioether (sulfide) groups is 1. The second-order valence-corrected chi connectivity index (χ2v) is 7.81. The Hall–Kier alpha value is -3.46. The van der Waals surface area contributed by atoms with Crippen molar-refractivity contribution in [2.24, 2.45) is 0 Å². The van der Waals surface area contributed by atoms with Gasteiger partial charge in [-0.05, 0) is 48.0 Å². The molecule has 9 heteroatoms. The molecule has 0 atom stereocenters. The fourth-order valence-corrected chi connectivity index (χ4v) is 3.94. The van der Waals surface area contributed by atoms with Crippen molar-refractivity contribution >= 4 is 40.6 Å². The van der Waals surface area contributed by atoms with Crippen LogP contribution in [0.25, 0.3) is 6.08 Å². The number of carbonyl (C=O) groups excluding carboxylic acids is 3. The summed E-state index contributed by atoms with van der Waals surface area (Å²) in [5, 5.41) is 2.19. The van der Waals surface area contributed by atoms with Crippen LogP contribution in [0.4, 0.5) is 10.5 Å². The van der Waals surface area contributed by atoms with E-state index in [9.17, 15) is 14.4 Å². The maximum absolute atomic E-state index is 12.8. The van der Waals surface area contributed by atoms with E-state index in [0.29, 0.717) is 28.5 Å². The molecule has 32 heavy (non-hydrogen) atoms. The van der Waals surface area contributed by atoms with E-state index in [2.05, 4.69) is 5.32 Å². The summed E-state index contributed by atoms with van der Waals surface area (Å²) >= 11 is 0.763. The van der Waals surface area contributed by atoms with Crippen LogP contribution in [0, 0.1) is 0 Å². The van der Waals surface area contributed by atoms with Crippen LogP contribution >= 0.6 is 11.8 Å². The fourth-order valence-electron chi connectivity index (χ4n) is 3.11. The quantitative estimate of drug-likeness (QED) is 0.601. The molecule has 1 N–H and O–H groups in total. The highest BCUT2D eigenvalue weighted by Crippen LogP contribution is 2.38. The molecular formula is C23H24N2O6S. The lowest BCUT2D eigenvalue weighted by Crippen LogP contribution is -2.36. The van der Waals surface area contributed by atoms with Crippen molar-refractivity contribution in [3.05, 3.63) is 52.4 Å². The average molecular weight is 457 g/mol. The molecule has 1 aliphatic rings. The van der Waals surface area contributed by atoms with Crippen LogP contribution < -0.4 is 19.5 Å². The van der Waals surface area contributed by atoms with Crippen LogP contribution in [-0.4, -0.2) is 49.8 Å². The Bertz CT molecular complexity index is 1060. The summed E-state index contributed by atoms with van der Waals surface area (Å²) in [6.45, 7) is 1.67. The van der Waals surface area contributed by atoms with Crippen LogP contribution in [0.1, 0.15) is 18.1 Å². The van der Waals surface area contributed by atoms with Crippen molar-refractivity contribution in [2.75, 3.05) is 33.2 Å². The number of amides is 3. The highest BCUT2D eigenvalue weighted by atomic mass is 32.2. The van der Waals surface area contributed by atoms with Crippen molar-refractivity contribution < 1.29 is 28.6 Å². The minimum absolute atomic E-state index is 0.181. The second-order valence-electron chi connectivity index (χ2n) is 6.82. The fraction of sp³-hybridized carbons (Fsp3) is 0.261. The molecule has 0 bridgehead atoms. The van der Waals surface area contributed by atoms with Crippen LogP contribution in [0.5, 0.6) is 17.2 Å². The van der Waals surface area contributed by atoms with E-state index < -0.39 is 17.1 Å². The normalized spacial score (nSPS) is 14.6. The summed E-state index contributed by atoms with van der Waals surface area (Å²) in [7, 11) is 4.49. The molecule has 0 unspecified atom stereocenters. The maximum Gasteiger partial charge on any atom is 0.294 e. The summed E-state index contributed by atoms with van der Waals surface area (Å²) in [5.41, 5.74) is 2.28. The number of nitrogens with zero attached hydrogens (tertiary/aromatic N) is 1. The van der Waals surface area contributed by atoms with Gasteiger partial charge in [0.2, 0.25) is 5.91 Å². The second kappa shape index (κ2) is 10.2. The SMILES string of the molecule is CCc1ccc(NC(=O)CN2C(=O)S/C(=C/c3cc(OC)c(OC)cc3OC)C2=O)cc1. The minimum Gasteiger partial charge on any atom is -0.496 e. The zero-order valence-corrected chi connectivity index (χ0v) is 19.1. The summed E-state index contributed by atoms with van der Waals surface area (Å²) in [5.74, 6) is 0.364. The molecule has 0 radical (unpaired) electrons. The van der Waals surface area contributed by atoms with E-state index in [1.807, 2.05) is 19.1 Å². The Balaban J connectivity index is 1.76. The monoisotopic (exact) mass is 456 g/mol. The number of methoxy groups -OCH3 is 3. The van der Waals surface area contributed by atoms with Crippen LogP contribution in [0.2, 0.25) is 0 Å². The third-order valence-electron chi connectivity index (χ3n) is 4.84. The molecule has 168 valence electrons. The third-order valence-corrected chi connectivity index (χ3v) is 5.75. The average Bonchev–Trinajstić information content (AvgIpc) is 3.06. The molecule has 2 aromatic carbocycles. The standard InChI is InChI=1S/C23H24N2O6S/c1-5-14-6-8-16(9-7-14)24-21(26)13-25-22(27)20(32-23(25)28)11-15-10-18(30-3)19(31-4)12-17(15)29-2/h6-12H,5,13H2,1-4H3,(H,24,26)/b20-11+. The van der Waals surface area contributed by atoms with Gasteiger partial charge in [-0.1, -0.05) is 19.1 Å². The Labute approximate surface area is 190 Å². The molecule has 2 aromatic rings. The first-order chi connectivity index (χ1) is 15.4. The summed E-state index contributed by atoms with van der Waals surface area (Å²) < 4.78 is 15.9. The highest BCUT2D eigenvalue weighted by molar-refractivity contribution is 8.18. The van der Waals surface area contributed by atoms with Gasteiger partial charge in [-0.2, -0.15) is 0 Å². The van der Waals surface area contributed by atoms with Crippen LogP contribution in [-0.2, 0) is 16.0 Å². The van der Waals surface area contributed by atoms with E-state index in [-0.39, 0.29) is 11.4 Å². The number of carbonyl (C=O) groups is 3. The summed E-state index contributed by atoms with van der Waals surface area (Å²) in [6, 6.07) is 10.7. The third kappa shape index (κ3) is 5.05. The predicted molar refractivity (Wildman–Crippen MR) is 123 cm³/mol. The van der Waals surface area contributed by atoms with Gasteiger partial charge < -0.3 is 19.5 Å². The molecule has 3 amide bonds. The van der Waals surface area contributed by atoms with Crippen molar-refractivity contribution in [1.82, 2.24) is 4.90 Å². The Morgan fingerprint density at radius 1 is 1.00 bits per heavy atom. The molecule has 3 rings (SSSR count). The maximum atomic E-state index is 12.8. The van der Waals surface area contributed by atoms with Gasteiger partial charge in [-0.25, -0.2) is 0 Å². The topological polar surface area (TPSA) is 94.2 Å². The number of anilines is 1. The van der Waals surface area contributed by atoms with E-state index in [0.717, 1.165) is 28.6 Å². The van der Waals surface area contributed by atoms with E-state index in [1.54, 1.807) is 24.3 Å². The molecule has 0 saturated carbocycles. The molecule has 1 aliphatic heterocycles. The lowest BCUT2D eigenvalue weighted by Gasteiger charge is -2.13. The first-order valence-electron chi connectivity index (χ1n) is 9.84. The van der Waals surface area contributed by atoms with E-state index >= 15 is 0 Å². The molecule has 8 nitrogen and oxygen atoms in total. The van der Waals surface area contributed by atoms with Gasteiger partial charge in [0.1, 0.15) is 12.3 Å². The number of nitrogens with one attached hydrogen (secondary N) is 1. The van der Waals surface area contributed by atoms with Crippen molar-refractivity contribution in [1.29, 1.82) is 0 Å². The van der Waals surface area contributed by atoms with Crippen molar-refractivity contribution in [2.45, 2.75) is 13.3 Å². The minimum atomic E-state index is -0.548. The van der Waals surface area contributed by atoms with Crippen LogP contribution in [0.15, 0.2) is 41.3 Å². The number of benzene rings is 2. The Morgan fingerprint density at radius 2 is 1.62 bits per heavy atom. The highest BCUT2D eigenvalue weighted by Gasteiger charge is 2.36. The van der Waals surface area contributed by atoms with Crippen molar-refractivity contribution in [3.8, 4) is 17.2 Å². The molecule has 1 saturated heterocycles. The first kappa shape index (κ1) is 23.2. The van der Waals surface area contributed by atoms with Gasteiger partial charge in [-0.15, -0.1) is 0 Å². The number of hydrogen-bond acceptors (Lipinski definition) is 7. The molecule has 1 heterocycles. The van der Waals surface area contributed by atoms with Crippen LogP contribution in [0.3, 0.4) is 0 Å². The van der Waals surface area contributed by atoms with Gasteiger partial charge in [0.25, 0.3) is 11.1 Å². The number of ether oxygens (including phenoxy) is 3. The van der Waals surface area contributed by atoms with Crippen molar-refractivity contribution in [3.63, 3.8) is 0 Å². The Kier molecular flexibility index (Phi) is 7.42. The van der Waals surface area contributed by atoms with Gasteiger partial charge >= 0.3 is 0 Å². The predicted octanol–water partition coefficient (Wildman–Crippen LogP) is 3.95. The summed E-state index contributed by atoms with van der Waals surface area (Å²) in [4.78, 5) is 38.7. The zero-order valence-electron chi connectivity index (χ0n) is 18.3. The zero-order chi connectivity index (χ0) is 23.3. The smallest absolute Gasteiger partial charge is 0.294 e. The van der Waals surface area contributed by atoms with E-state index in [4.69, 9.17) is 14.2 Å². The van der Waals surface area contributed by atoms with Gasteiger partial charge in [0, 0.05) is 17.3 Å². The summed E-state index contributed by atoms with van der Waals surface area (Å²) in [6.07, 6.45) is 2.43. The number of hydrogen-bond donors (Lipinski definition) is 1. The number of aryl methyl sites for hydroxylation is 1.